The average molecular weight is 341 g/mol. The summed E-state index contributed by atoms with van der Waals surface area (Å²) in [5, 5.41) is 5.63. The highest BCUT2D eigenvalue weighted by atomic mass is 19.1. The number of halogens is 1. The molecule has 0 saturated heterocycles. The molecule has 0 fully saturated rings. The minimum atomic E-state index is -1.04. The van der Waals surface area contributed by atoms with Crippen molar-refractivity contribution >= 4 is 28.9 Å². The van der Waals surface area contributed by atoms with Crippen molar-refractivity contribution in [3.8, 4) is 0 Å². The number of aryl methyl sites for hydroxylation is 1. The number of amides is 2. The molecule has 5 nitrogen and oxygen atoms in total. The first kappa shape index (κ1) is 17.0. The second-order valence-electron chi connectivity index (χ2n) is 6.60. The summed E-state index contributed by atoms with van der Waals surface area (Å²) in [6.45, 7) is 5.04. The first-order valence-corrected chi connectivity index (χ1v) is 8.04. The molecule has 0 unspecified atom stereocenters. The number of para-hydroxylation sites is 2. The van der Waals surface area contributed by atoms with E-state index in [0.29, 0.717) is 11.4 Å². The molecule has 1 aliphatic heterocycles. The molecular weight excluding hydrogens is 321 g/mol. The number of hydrogen-bond donors (Lipinski definition) is 2. The van der Waals surface area contributed by atoms with Crippen LogP contribution in [0.3, 0.4) is 0 Å². The molecule has 0 aromatic heterocycles. The second-order valence-corrected chi connectivity index (χ2v) is 6.60. The van der Waals surface area contributed by atoms with Crippen LogP contribution in [0, 0.1) is 12.7 Å². The van der Waals surface area contributed by atoms with Crippen LogP contribution in [-0.2, 0) is 9.59 Å². The van der Waals surface area contributed by atoms with E-state index in [1.807, 2.05) is 0 Å². The standard InChI is InChI=1S/C19H20FN3O2/c1-12-8-9-14(13(20)10-12)21-11-17(24)23-16-7-5-4-6-15(16)22-18(25)19(23,2)3/h4-10,21H,11H2,1-3H3,(H,22,25). The highest BCUT2D eigenvalue weighted by Gasteiger charge is 2.43. The molecule has 25 heavy (non-hydrogen) atoms. The van der Waals surface area contributed by atoms with Gasteiger partial charge in [-0.3, -0.25) is 14.5 Å². The monoisotopic (exact) mass is 341 g/mol. The summed E-state index contributed by atoms with van der Waals surface area (Å²) in [6.07, 6.45) is 0. The summed E-state index contributed by atoms with van der Waals surface area (Å²) in [4.78, 5) is 26.7. The van der Waals surface area contributed by atoms with Crippen molar-refractivity contribution < 1.29 is 14.0 Å². The zero-order valence-corrected chi connectivity index (χ0v) is 14.4. The maximum atomic E-state index is 13.9. The fourth-order valence-corrected chi connectivity index (χ4v) is 2.91. The number of nitrogens with zero attached hydrogens (tertiary/aromatic N) is 1. The van der Waals surface area contributed by atoms with Gasteiger partial charge in [-0.15, -0.1) is 0 Å². The zero-order valence-electron chi connectivity index (χ0n) is 14.4. The van der Waals surface area contributed by atoms with Crippen molar-refractivity contribution in [1.82, 2.24) is 0 Å². The molecule has 3 rings (SSSR count). The van der Waals surface area contributed by atoms with Crippen LogP contribution in [0.5, 0.6) is 0 Å². The van der Waals surface area contributed by atoms with E-state index in [1.165, 1.54) is 11.0 Å². The topological polar surface area (TPSA) is 61.4 Å². The number of nitrogens with one attached hydrogen (secondary N) is 2. The van der Waals surface area contributed by atoms with Gasteiger partial charge in [-0.2, -0.15) is 0 Å². The quantitative estimate of drug-likeness (QED) is 0.900. The van der Waals surface area contributed by atoms with E-state index in [-0.39, 0.29) is 24.0 Å². The Hall–Kier alpha value is -2.89. The summed E-state index contributed by atoms with van der Waals surface area (Å²) >= 11 is 0. The summed E-state index contributed by atoms with van der Waals surface area (Å²) in [5.74, 6) is -0.989. The SMILES string of the molecule is Cc1ccc(NCC(=O)N2c3ccccc3NC(=O)C2(C)C)c(F)c1. The van der Waals surface area contributed by atoms with E-state index in [0.717, 1.165) is 5.56 Å². The Morgan fingerprint density at radius 1 is 1.24 bits per heavy atom. The maximum absolute atomic E-state index is 13.9. The molecule has 2 aromatic carbocycles. The molecule has 0 spiro atoms. The molecule has 0 radical (unpaired) electrons. The van der Waals surface area contributed by atoms with Crippen LogP contribution in [0.1, 0.15) is 19.4 Å². The highest BCUT2D eigenvalue weighted by molar-refractivity contribution is 6.14. The second kappa shape index (κ2) is 6.20. The van der Waals surface area contributed by atoms with E-state index in [2.05, 4.69) is 10.6 Å². The van der Waals surface area contributed by atoms with Crippen LogP contribution in [0.25, 0.3) is 0 Å². The first-order valence-electron chi connectivity index (χ1n) is 8.04. The fraction of sp³-hybridized carbons (Fsp3) is 0.263. The third-order valence-electron chi connectivity index (χ3n) is 4.31. The molecule has 1 heterocycles. The van der Waals surface area contributed by atoms with Crippen LogP contribution < -0.4 is 15.5 Å². The molecule has 2 amide bonds. The summed E-state index contributed by atoms with van der Waals surface area (Å²) in [7, 11) is 0. The Bertz CT molecular complexity index is 848. The molecule has 0 bridgehead atoms. The number of carbonyl (C=O) groups is 2. The lowest BCUT2D eigenvalue weighted by molar-refractivity contribution is -0.125. The lowest BCUT2D eigenvalue weighted by atomic mass is 9.96. The van der Waals surface area contributed by atoms with Gasteiger partial charge < -0.3 is 10.6 Å². The van der Waals surface area contributed by atoms with Gasteiger partial charge in [-0.1, -0.05) is 18.2 Å². The number of hydrogen-bond acceptors (Lipinski definition) is 3. The Morgan fingerprint density at radius 2 is 1.96 bits per heavy atom. The van der Waals surface area contributed by atoms with Gasteiger partial charge >= 0.3 is 0 Å². The molecule has 130 valence electrons. The van der Waals surface area contributed by atoms with Crippen LogP contribution in [-0.4, -0.2) is 23.9 Å². The van der Waals surface area contributed by atoms with Gasteiger partial charge in [-0.05, 0) is 50.6 Å². The van der Waals surface area contributed by atoms with Gasteiger partial charge in [0, 0.05) is 0 Å². The summed E-state index contributed by atoms with van der Waals surface area (Å²) < 4.78 is 13.9. The van der Waals surface area contributed by atoms with Crippen molar-refractivity contribution in [3.63, 3.8) is 0 Å². The molecule has 0 saturated carbocycles. The Balaban J connectivity index is 1.86. The Kier molecular flexibility index (Phi) is 4.20. The normalized spacial score (nSPS) is 15.4. The van der Waals surface area contributed by atoms with Crippen molar-refractivity contribution in [2.75, 3.05) is 22.1 Å². The van der Waals surface area contributed by atoms with E-state index in [9.17, 15) is 14.0 Å². The number of carbonyl (C=O) groups excluding carboxylic acids is 2. The average Bonchev–Trinajstić information content (AvgIpc) is 2.54. The van der Waals surface area contributed by atoms with Crippen LogP contribution >= 0.6 is 0 Å². The van der Waals surface area contributed by atoms with Gasteiger partial charge in [-0.25, -0.2) is 4.39 Å². The smallest absolute Gasteiger partial charge is 0.250 e. The highest BCUT2D eigenvalue weighted by Crippen LogP contribution is 2.36. The number of benzene rings is 2. The van der Waals surface area contributed by atoms with Crippen LogP contribution in [0.4, 0.5) is 21.5 Å². The van der Waals surface area contributed by atoms with Crippen molar-refractivity contribution in [2.45, 2.75) is 26.3 Å². The summed E-state index contributed by atoms with van der Waals surface area (Å²) in [5.41, 5.74) is 1.23. The van der Waals surface area contributed by atoms with E-state index in [4.69, 9.17) is 0 Å². The van der Waals surface area contributed by atoms with E-state index in [1.54, 1.807) is 57.2 Å². The lowest BCUT2D eigenvalue weighted by Gasteiger charge is -2.42. The van der Waals surface area contributed by atoms with Crippen molar-refractivity contribution in [3.05, 3.63) is 53.8 Å². The Morgan fingerprint density at radius 3 is 2.68 bits per heavy atom. The zero-order chi connectivity index (χ0) is 18.2. The van der Waals surface area contributed by atoms with E-state index >= 15 is 0 Å². The molecule has 0 aliphatic carbocycles. The number of fused-ring (bicyclic) bond motifs is 1. The molecule has 0 atom stereocenters. The minimum Gasteiger partial charge on any atom is -0.374 e. The molecule has 2 aromatic rings. The van der Waals surface area contributed by atoms with Crippen LogP contribution in [0.2, 0.25) is 0 Å². The van der Waals surface area contributed by atoms with Gasteiger partial charge in [0.15, 0.2) is 0 Å². The predicted molar refractivity (Wildman–Crippen MR) is 96.3 cm³/mol. The van der Waals surface area contributed by atoms with Gasteiger partial charge in [0.25, 0.3) is 0 Å². The fourth-order valence-electron chi connectivity index (χ4n) is 2.91. The van der Waals surface area contributed by atoms with Gasteiger partial charge in [0.05, 0.1) is 23.6 Å². The van der Waals surface area contributed by atoms with Gasteiger partial charge in [0.1, 0.15) is 11.4 Å². The first-order chi connectivity index (χ1) is 11.8. The third-order valence-corrected chi connectivity index (χ3v) is 4.31. The number of anilines is 3. The third kappa shape index (κ3) is 3.07. The minimum absolute atomic E-state index is 0.120. The largest absolute Gasteiger partial charge is 0.374 e. The molecule has 1 aliphatic rings. The molecule has 2 N–H and O–H groups in total. The van der Waals surface area contributed by atoms with Crippen molar-refractivity contribution in [2.24, 2.45) is 0 Å². The maximum Gasteiger partial charge on any atom is 0.250 e. The number of rotatable bonds is 3. The summed E-state index contributed by atoms with van der Waals surface area (Å²) in [6, 6.07) is 11.9. The predicted octanol–water partition coefficient (Wildman–Crippen LogP) is 3.31. The molecule has 6 heteroatoms. The van der Waals surface area contributed by atoms with Crippen molar-refractivity contribution in [1.29, 1.82) is 0 Å². The Labute approximate surface area is 145 Å². The molecular formula is C19H20FN3O2. The van der Waals surface area contributed by atoms with Gasteiger partial charge in [0.2, 0.25) is 11.8 Å². The van der Waals surface area contributed by atoms with E-state index < -0.39 is 11.4 Å². The van der Waals surface area contributed by atoms with Crippen LogP contribution in [0.15, 0.2) is 42.5 Å². The lowest BCUT2D eigenvalue weighted by Crippen LogP contribution is -2.59.